The highest BCUT2D eigenvalue weighted by Crippen LogP contribution is 2.20. The minimum atomic E-state index is -0.372. The monoisotopic (exact) mass is 308 g/mol. The number of aliphatic hydroxyl groups is 1. The van der Waals surface area contributed by atoms with Crippen molar-refractivity contribution in [3.63, 3.8) is 0 Å². The molecular formula is C16H21ClN2O2. The smallest absolute Gasteiger partial charge is 0.220 e. The third kappa shape index (κ3) is 4.76. The van der Waals surface area contributed by atoms with Gasteiger partial charge in [-0.3, -0.25) is 4.79 Å². The van der Waals surface area contributed by atoms with Gasteiger partial charge in [0.15, 0.2) is 0 Å². The molecule has 0 saturated carbocycles. The number of fused-ring (bicyclic) bond motifs is 1. The van der Waals surface area contributed by atoms with Crippen molar-refractivity contribution in [3.8, 4) is 0 Å². The molecule has 0 fully saturated rings. The van der Waals surface area contributed by atoms with E-state index in [0.717, 1.165) is 28.9 Å². The lowest BCUT2D eigenvalue weighted by molar-refractivity contribution is -0.121. The maximum Gasteiger partial charge on any atom is 0.220 e. The first-order valence-electron chi connectivity index (χ1n) is 7.25. The summed E-state index contributed by atoms with van der Waals surface area (Å²) in [5.41, 5.74) is 1.13. The van der Waals surface area contributed by atoms with E-state index in [4.69, 9.17) is 16.7 Å². The van der Waals surface area contributed by atoms with Crippen molar-refractivity contribution in [1.82, 2.24) is 9.88 Å². The van der Waals surface area contributed by atoms with Crippen LogP contribution in [0.3, 0.4) is 0 Å². The Morgan fingerprint density at radius 2 is 2.24 bits per heavy atom. The number of carbonyl (C=O) groups is 1. The van der Waals surface area contributed by atoms with Gasteiger partial charge in [-0.05, 0) is 44.0 Å². The third-order valence-electron chi connectivity index (χ3n) is 3.42. The quantitative estimate of drug-likeness (QED) is 0.826. The van der Waals surface area contributed by atoms with Crippen LogP contribution in [0.2, 0.25) is 5.02 Å². The predicted molar refractivity (Wildman–Crippen MR) is 85.5 cm³/mol. The molecule has 0 radical (unpaired) electrons. The molecule has 0 saturated heterocycles. The van der Waals surface area contributed by atoms with Crippen molar-refractivity contribution < 1.29 is 9.90 Å². The molecular weight excluding hydrogens is 288 g/mol. The maximum atomic E-state index is 11.6. The average Bonchev–Trinajstić information content (AvgIpc) is 2.80. The van der Waals surface area contributed by atoms with Crippen molar-refractivity contribution in [3.05, 3.63) is 35.5 Å². The third-order valence-corrected chi connectivity index (χ3v) is 3.66. The van der Waals surface area contributed by atoms with E-state index in [-0.39, 0.29) is 12.0 Å². The van der Waals surface area contributed by atoms with Gasteiger partial charge in [-0.25, -0.2) is 0 Å². The van der Waals surface area contributed by atoms with E-state index in [0.29, 0.717) is 19.4 Å². The molecule has 21 heavy (non-hydrogen) atoms. The van der Waals surface area contributed by atoms with E-state index in [2.05, 4.69) is 9.88 Å². The van der Waals surface area contributed by atoms with Crippen molar-refractivity contribution in [2.24, 2.45) is 0 Å². The Hall–Kier alpha value is -1.52. The minimum absolute atomic E-state index is 0.0372. The van der Waals surface area contributed by atoms with Gasteiger partial charge in [0.1, 0.15) is 0 Å². The molecule has 0 aliphatic carbocycles. The molecule has 2 aromatic rings. The van der Waals surface area contributed by atoms with Gasteiger partial charge in [-0.2, -0.15) is 0 Å². The summed E-state index contributed by atoms with van der Waals surface area (Å²) in [5, 5.41) is 13.8. The molecule has 1 amide bonds. The Kier molecular flexibility index (Phi) is 5.65. The summed E-state index contributed by atoms with van der Waals surface area (Å²) in [5.74, 6) is 0.0372. The van der Waals surface area contributed by atoms with E-state index in [1.807, 2.05) is 30.5 Å². The molecule has 2 rings (SSSR count). The summed E-state index contributed by atoms with van der Waals surface area (Å²) >= 11 is 5.96. The number of nitrogens with zero attached hydrogens (tertiary/aromatic N) is 1. The lowest BCUT2D eigenvalue weighted by Gasteiger charge is -2.08. The van der Waals surface area contributed by atoms with Gasteiger partial charge in [0, 0.05) is 41.6 Å². The molecule has 0 spiro atoms. The van der Waals surface area contributed by atoms with Crippen LogP contribution in [0.1, 0.15) is 26.2 Å². The first kappa shape index (κ1) is 15.9. The number of aromatic nitrogens is 1. The van der Waals surface area contributed by atoms with Gasteiger partial charge in [-0.1, -0.05) is 11.6 Å². The molecule has 114 valence electrons. The van der Waals surface area contributed by atoms with E-state index in [9.17, 15) is 4.79 Å². The highest BCUT2D eigenvalue weighted by Gasteiger charge is 2.04. The van der Waals surface area contributed by atoms with E-state index in [1.165, 1.54) is 0 Å². The number of halogens is 1. The van der Waals surface area contributed by atoms with Gasteiger partial charge >= 0.3 is 0 Å². The SMILES string of the molecule is CC(O)CCNC(=O)CCCn1ccc2cc(Cl)ccc21. The second-order valence-electron chi connectivity index (χ2n) is 5.30. The van der Waals surface area contributed by atoms with Crippen molar-refractivity contribution in [1.29, 1.82) is 0 Å². The zero-order valence-electron chi connectivity index (χ0n) is 12.2. The van der Waals surface area contributed by atoms with Crippen LogP contribution in [-0.2, 0) is 11.3 Å². The van der Waals surface area contributed by atoms with Crippen molar-refractivity contribution in [2.75, 3.05) is 6.54 Å². The predicted octanol–water partition coefficient (Wildman–Crippen LogP) is 2.96. The first-order valence-corrected chi connectivity index (χ1v) is 7.63. The van der Waals surface area contributed by atoms with Crippen LogP contribution >= 0.6 is 11.6 Å². The normalized spacial score (nSPS) is 12.5. The van der Waals surface area contributed by atoms with Crippen LogP contribution in [0.25, 0.3) is 10.9 Å². The summed E-state index contributed by atoms with van der Waals surface area (Å²) in [6.07, 6.45) is 3.52. The number of nitrogens with one attached hydrogen (secondary N) is 1. The molecule has 0 aliphatic rings. The summed E-state index contributed by atoms with van der Waals surface area (Å²) in [6, 6.07) is 7.85. The zero-order chi connectivity index (χ0) is 15.2. The first-order chi connectivity index (χ1) is 10.1. The molecule has 2 N–H and O–H groups in total. The second kappa shape index (κ2) is 7.48. The van der Waals surface area contributed by atoms with Crippen LogP contribution < -0.4 is 5.32 Å². The molecule has 0 bridgehead atoms. The van der Waals surface area contributed by atoms with E-state index >= 15 is 0 Å². The Morgan fingerprint density at radius 1 is 1.43 bits per heavy atom. The number of rotatable bonds is 7. The molecule has 1 unspecified atom stereocenters. The van der Waals surface area contributed by atoms with Crippen LogP contribution in [0.15, 0.2) is 30.5 Å². The van der Waals surface area contributed by atoms with E-state index < -0.39 is 0 Å². The number of aliphatic hydroxyl groups excluding tert-OH is 1. The second-order valence-corrected chi connectivity index (χ2v) is 5.74. The van der Waals surface area contributed by atoms with Gasteiger partial charge in [-0.15, -0.1) is 0 Å². The molecule has 0 aliphatic heterocycles. The summed E-state index contributed by atoms with van der Waals surface area (Å²) in [7, 11) is 0. The largest absolute Gasteiger partial charge is 0.393 e. The van der Waals surface area contributed by atoms with Crippen molar-refractivity contribution >= 4 is 28.4 Å². The number of hydrogen-bond acceptors (Lipinski definition) is 2. The molecule has 5 heteroatoms. The molecule has 4 nitrogen and oxygen atoms in total. The topological polar surface area (TPSA) is 54.3 Å². The minimum Gasteiger partial charge on any atom is -0.393 e. The fraction of sp³-hybridized carbons (Fsp3) is 0.438. The Balaban J connectivity index is 1.78. The number of amides is 1. The molecule has 1 aromatic carbocycles. The number of aryl methyl sites for hydroxylation is 1. The molecule has 1 heterocycles. The lowest BCUT2D eigenvalue weighted by Crippen LogP contribution is -2.26. The maximum absolute atomic E-state index is 11.6. The number of benzene rings is 1. The fourth-order valence-corrected chi connectivity index (χ4v) is 2.47. The lowest BCUT2D eigenvalue weighted by atomic mass is 10.2. The van der Waals surface area contributed by atoms with E-state index in [1.54, 1.807) is 6.92 Å². The van der Waals surface area contributed by atoms with Gasteiger partial charge < -0.3 is 15.0 Å². The van der Waals surface area contributed by atoms with Crippen LogP contribution in [0.4, 0.5) is 0 Å². The van der Waals surface area contributed by atoms with Crippen molar-refractivity contribution in [2.45, 2.75) is 38.8 Å². The summed E-state index contributed by atoms with van der Waals surface area (Å²) in [6.45, 7) is 3.05. The Labute approximate surface area is 129 Å². The molecule has 1 atom stereocenters. The van der Waals surface area contributed by atoms with Gasteiger partial charge in [0.2, 0.25) is 5.91 Å². The number of hydrogen-bond donors (Lipinski definition) is 2. The fourth-order valence-electron chi connectivity index (χ4n) is 2.28. The van der Waals surface area contributed by atoms with Crippen LogP contribution in [0.5, 0.6) is 0 Å². The molecule has 1 aromatic heterocycles. The highest BCUT2D eigenvalue weighted by molar-refractivity contribution is 6.31. The average molecular weight is 309 g/mol. The van der Waals surface area contributed by atoms with Gasteiger partial charge in [0.05, 0.1) is 6.10 Å². The standard InChI is InChI=1S/C16H21ClN2O2/c1-12(20)6-8-18-16(21)3-2-9-19-10-7-13-11-14(17)4-5-15(13)19/h4-5,7,10-12,20H,2-3,6,8-9H2,1H3,(H,18,21). The highest BCUT2D eigenvalue weighted by atomic mass is 35.5. The number of carbonyl (C=O) groups excluding carboxylic acids is 1. The summed E-state index contributed by atoms with van der Waals surface area (Å²) < 4.78 is 2.13. The summed E-state index contributed by atoms with van der Waals surface area (Å²) in [4.78, 5) is 11.6. The zero-order valence-corrected chi connectivity index (χ0v) is 12.9. The van der Waals surface area contributed by atoms with Gasteiger partial charge in [0.25, 0.3) is 0 Å². The Morgan fingerprint density at radius 3 is 3.00 bits per heavy atom. The Bertz CT molecular complexity index is 607. The van der Waals surface area contributed by atoms with Crippen LogP contribution in [0, 0.1) is 0 Å². The van der Waals surface area contributed by atoms with Crippen LogP contribution in [-0.4, -0.2) is 28.2 Å².